The molecule has 122 valence electrons. The number of rotatable bonds is 6. The van der Waals surface area contributed by atoms with E-state index in [4.69, 9.17) is 4.74 Å². The van der Waals surface area contributed by atoms with Crippen LogP contribution in [0.25, 0.3) is 0 Å². The summed E-state index contributed by atoms with van der Waals surface area (Å²) in [7, 11) is 1.57. The van der Waals surface area contributed by atoms with Gasteiger partial charge in [0.1, 0.15) is 5.69 Å². The van der Waals surface area contributed by atoms with Crippen molar-refractivity contribution in [2.45, 2.75) is 51.6 Å². The Kier molecular flexibility index (Phi) is 6.12. The number of hydrogen-bond donors (Lipinski definition) is 1. The Hall–Kier alpha value is -1.69. The maximum absolute atomic E-state index is 12.4. The van der Waals surface area contributed by atoms with Crippen molar-refractivity contribution in [2.24, 2.45) is 5.92 Å². The molecule has 2 atom stereocenters. The molecule has 0 unspecified atom stereocenters. The average Bonchev–Trinajstić information content (AvgIpc) is 2.54. The van der Waals surface area contributed by atoms with Crippen molar-refractivity contribution in [1.29, 1.82) is 0 Å². The Labute approximate surface area is 130 Å². The number of carbonyl (C=O) groups is 1. The van der Waals surface area contributed by atoms with Gasteiger partial charge in [0.15, 0.2) is 0 Å². The first-order chi connectivity index (χ1) is 10.7. The number of amides is 1. The highest BCUT2D eigenvalue weighted by molar-refractivity contribution is 5.92. The topological polar surface area (TPSA) is 73.2 Å². The number of nitrogens with zero attached hydrogens (tertiary/aromatic N) is 2. The van der Waals surface area contributed by atoms with Crippen LogP contribution in [-0.2, 0) is 11.3 Å². The summed E-state index contributed by atoms with van der Waals surface area (Å²) < 4.78 is 6.23. The highest BCUT2D eigenvalue weighted by atomic mass is 16.5. The first kappa shape index (κ1) is 16.7. The van der Waals surface area contributed by atoms with Crippen LogP contribution in [0.1, 0.15) is 49.5 Å². The van der Waals surface area contributed by atoms with E-state index in [2.05, 4.69) is 17.3 Å². The molecule has 0 aliphatic heterocycles. The van der Waals surface area contributed by atoms with Gasteiger partial charge in [-0.05, 0) is 24.8 Å². The predicted octanol–water partition coefficient (Wildman–Crippen LogP) is 1.59. The molecule has 0 aromatic carbocycles. The van der Waals surface area contributed by atoms with E-state index in [1.165, 1.54) is 29.7 Å². The van der Waals surface area contributed by atoms with E-state index in [1.54, 1.807) is 7.11 Å². The first-order valence-electron chi connectivity index (χ1n) is 8.03. The number of methoxy groups -OCH3 is 1. The van der Waals surface area contributed by atoms with Crippen molar-refractivity contribution in [1.82, 2.24) is 15.1 Å². The standard InChI is InChI=1S/C16H25N3O3/c1-3-12-6-4-5-7-13(12)17-16(21)14-8-9-15(20)19(18-14)10-11-22-2/h8-9,12-13H,3-7,10-11H2,1-2H3,(H,17,21)/t12-,13+/m0/s1. The zero-order valence-corrected chi connectivity index (χ0v) is 13.4. The van der Waals surface area contributed by atoms with Crippen molar-refractivity contribution in [3.05, 3.63) is 28.2 Å². The smallest absolute Gasteiger partial charge is 0.271 e. The molecular weight excluding hydrogens is 282 g/mol. The monoisotopic (exact) mass is 307 g/mol. The minimum Gasteiger partial charge on any atom is -0.383 e. The van der Waals surface area contributed by atoms with Crippen LogP contribution in [0, 0.1) is 5.92 Å². The zero-order chi connectivity index (χ0) is 15.9. The van der Waals surface area contributed by atoms with E-state index in [1.807, 2.05) is 0 Å². The molecule has 1 fully saturated rings. The molecule has 2 rings (SSSR count). The van der Waals surface area contributed by atoms with Gasteiger partial charge in [-0.2, -0.15) is 5.10 Å². The van der Waals surface area contributed by atoms with Gasteiger partial charge in [0.05, 0.1) is 13.2 Å². The van der Waals surface area contributed by atoms with Gasteiger partial charge in [-0.25, -0.2) is 4.68 Å². The zero-order valence-electron chi connectivity index (χ0n) is 13.4. The molecule has 6 heteroatoms. The Morgan fingerprint density at radius 3 is 2.91 bits per heavy atom. The van der Waals surface area contributed by atoms with Gasteiger partial charge in [0, 0.05) is 19.2 Å². The summed E-state index contributed by atoms with van der Waals surface area (Å²) >= 11 is 0. The summed E-state index contributed by atoms with van der Waals surface area (Å²) in [5, 5.41) is 7.23. The van der Waals surface area contributed by atoms with Gasteiger partial charge < -0.3 is 10.1 Å². The maximum atomic E-state index is 12.4. The van der Waals surface area contributed by atoms with E-state index in [-0.39, 0.29) is 23.2 Å². The van der Waals surface area contributed by atoms with Gasteiger partial charge in [0.25, 0.3) is 11.5 Å². The molecular formula is C16H25N3O3. The highest BCUT2D eigenvalue weighted by Crippen LogP contribution is 2.26. The summed E-state index contributed by atoms with van der Waals surface area (Å²) in [6, 6.07) is 3.09. The van der Waals surface area contributed by atoms with Crippen molar-refractivity contribution in [3.63, 3.8) is 0 Å². The lowest BCUT2D eigenvalue weighted by Crippen LogP contribution is -2.42. The van der Waals surface area contributed by atoms with Crippen molar-refractivity contribution in [2.75, 3.05) is 13.7 Å². The third-order valence-electron chi connectivity index (χ3n) is 4.36. The van der Waals surface area contributed by atoms with Crippen LogP contribution in [0.4, 0.5) is 0 Å². The van der Waals surface area contributed by atoms with Gasteiger partial charge in [-0.15, -0.1) is 0 Å². The normalized spacial score (nSPS) is 21.5. The van der Waals surface area contributed by atoms with E-state index in [9.17, 15) is 9.59 Å². The molecule has 0 saturated heterocycles. The lowest BCUT2D eigenvalue weighted by molar-refractivity contribution is 0.0896. The molecule has 1 aromatic rings. The quantitative estimate of drug-likeness (QED) is 0.866. The number of hydrogen-bond acceptors (Lipinski definition) is 4. The molecule has 1 saturated carbocycles. The SMILES string of the molecule is CC[C@H]1CCCC[C@H]1NC(=O)c1ccc(=O)n(CCOC)n1. The third-order valence-corrected chi connectivity index (χ3v) is 4.36. The Balaban J connectivity index is 2.07. The molecule has 1 heterocycles. The van der Waals surface area contributed by atoms with Crippen LogP contribution in [0.15, 0.2) is 16.9 Å². The lowest BCUT2D eigenvalue weighted by atomic mass is 9.83. The molecule has 1 aliphatic carbocycles. The van der Waals surface area contributed by atoms with Crippen molar-refractivity contribution < 1.29 is 9.53 Å². The highest BCUT2D eigenvalue weighted by Gasteiger charge is 2.25. The fourth-order valence-corrected chi connectivity index (χ4v) is 3.04. The summed E-state index contributed by atoms with van der Waals surface area (Å²) in [4.78, 5) is 24.1. The van der Waals surface area contributed by atoms with Gasteiger partial charge in [-0.3, -0.25) is 9.59 Å². The summed E-state index contributed by atoms with van der Waals surface area (Å²) in [5.74, 6) is 0.341. The molecule has 22 heavy (non-hydrogen) atoms. The Bertz CT molecular complexity index is 556. The minimum atomic E-state index is -0.224. The fourth-order valence-electron chi connectivity index (χ4n) is 3.04. The second kappa shape index (κ2) is 8.08. The maximum Gasteiger partial charge on any atom is 0.271 e. The van der Waals surface area contributed by atoms with Crippen LogP contribution in [-0.4, -0.2) is 35.4 Å². The van der Waals surface area contributed by atoms with E-state index >= 15 is 0 Å². The largest absolute Gasteiger partial charge is 0.383 e. The third kappa shape index (κ3) is 4.16. The molecule has 1 aliphatic rings. The Morgan fingerprint density at radius 1 is 1.41 bits per heavy atom. The minimum absolute atomic E-state index is 0.198. The molecule has 6 nitrogen and oxygen atoms in total. The summed E-state index contributed by atoms with van der Waals surface area (Å²) in [6.07, 6.45) is 5.66. The fraction of sp³-hybridized carbons (Fsp3) is 0.688. The number of carbonyl (C=O) groups excluding carboxylic acids is 1. The number of nitrogens with one attached hydrogen (secondary N) is 1. The van der Waals surface area contributed by atoms with Gasteiger partial charge in [0.2, 0.25) is 0 Å². The van der Waals surface area contributed by atoms with E-state index in [0.717, 1.165) is 19.3 Å². The van der Waals surface area contributed by atoms with Gasteiger partial charge in [-0.1, -0.05) is 26.2 Å². The average molecular weight is 307 g/mol. The first-order valence-corrected chi connectivity index (χ1v) is 8.03. The lowest BCUT2D eigenvalue weighted by Gasteiger charge is -2.31. The van der Waals surface area contributed by atoms with Crippen LogP contribution in [0.5, 0.6) is 0 Å². The van der Waals surface area contributed by atoms with Crippen LogP contribution in [0.2, 0.25) is 0 Å². The van der Waals surface area contributed by atoms with E-state index in [0.29, 0.717) is 19.1 Å². The summed E-state index contributed by atoms with van der Waals surface area (Å²) in [6.45, 7) is 2.90. The van der Waals surface area contributed by atoms with Crippen LogP contribution in [0.3, 0.4) is 0 Å². The van der Waals surface area contributed by atoms with Crippen molar-refractivity contribution in [3.8, 4) is 0 Å². The molecule has 0 radical (unpaired) electrons. The molecule has 1 N–H and O–H groups in total. The second-order valence-electron chi connectivity index (χ2n) is 5.81. The molecule has 1 aromatic heterocycles. The predicted molar refractivity (Wildman–Crippen MR) is 83.9 cm³/mol. The van der Waals surface area contributed by atoms with Gasteiger partial charge >= 0.3 is 0 Å². The molecule has 0 spiro atoms. The van der Waals surface area contributed by atoms with Crippen molar-refractivity contribution >= 4 is 5.91 Å². The van der Waals surface area contributed by atoms with Crippen LogP contribution < -0.4 is 10.9 Å². The Morgan fingerprint density at radius 2 is 2.18 bits per heavy atom. The number of aromatic nitrogens is 2. The van der Waals surface area contributed by atoms with E-state index < -0.39 is 0 Å². The molecule has 0 bridgehead atoms. The summed E-state index contributed by atoms with van der Waals surface area (Å²) in [5.41, 5.74) is 0.0637. The number of ether oxygens (including phenoxy) is 1. The molecule has 1 amide bonds. The second-order valence-corrected chi connectivity index (χ2v) is 5.81. The van der Waals surface area contributed by atoms with Crippen LogP contribution >= 0.6 is 0 Å².